The number of aliphatic imine (C=N–C) groups is 1. The summed E-state index contributed by atoms with van der Waals surface area (Å²) in [6, 6.07) is 11.1. The number of aromatic nitrogens is 1. The fourth-order valence-electron chi connectivity index (χ4n) is 5.29. The third-order valence-corrected chi connectivity index (χ3v) is 7.39. The average molecular weight is 592 g/mol. The van der Waals surface area contributed by atoms with Gasteiger partial charge >= 0.3 is 12.4 Å². The molecule has 1 aromatic heterocycles. The van der Waals surface area contributed by atoms with Crippen molar-refractivity contribution in [2.24, 2.45) is 16.6 Å². The monoisotopic (exact) mass is 591 g/mol. The summed E-state index contributed by atoms with van der Waals surface area (Å²) in [5, 5.41) is 3.16. The number of anilines is 1. The van der Waals surface area contributed by atoms with Crippen molar-refractivity contribution in [1.29, 1.82) is 0 Å². The molecule has 1 aliphatic heterocycles. The zero-order valence-electron chi connectivity index (χ0n) is 23.6. The van der Waals surface area contributed by atoms with E-state index < -0.39 is 29.5 Å². The third kappa shape index (κ3) is 8.24. The molecule has 2 atom stereocenters. The lowest BCUT2D eigenvalue weighted by atomic mass is 9.99. The Morgan fingerprint density at radius 3 is 2.48 bits per heavy atom. The number of benzene rings is 2. The number of piperidine rings is 1. The van der Waals surface area contributed by atoms with Crippen LogP contribution < -0.4 is 11.1 Å². The predicted octanol–water partition coefficient (Wildman–Crippen LogP) is 8.46. The second kappa shape index (κ2) is 13.1. The molecule has 0 radical (unpaired) electrons. The quantitative estimate of drug-likeness (QED) is 0.149. The smallest absolute Gasteiger partial charge is 0.387 e. The fraction of sp³-hybridized carbons (Fsp3) is 0.419. The van der Waals surface area contributed by atoms with Crippen molar-refractivity contribution in [3.63, 3.8) is 0 Å². The Labute approximate surface area is 241 Å². The predicted molar refractivity (Wildman–Crippen MR) is 154 cm³/mol. The van der Waals surface area contributed by atoms with E-state index in [2.05, 4.69) is 27.1 Å². The highest BCUT2D eigenvalue weighted by Crippen LogP contribution is 2.39. The lowest BCUT2D eigenvalue weighted by Gasteiger charge is -2.30. The van der Waals surface area contributed by atoms with Gasteiger partial charge in [0.1, 0.15) is 0 Å². The van der Waals surface area contributed by atoms with Crippen LogP contribution in [0.2, 0.25) is 0 Å². The number of rotatable bonds is 9. The summed E-state index contributed by atoms with van der Waals surface area (Å²) in [7, 11) is 0. The van der Waals surface area contributed by atoms with Crippen LogP contribution in [0.3, 0.4) is 0 Å². The van der Waals surface area contributed by atoms with Gasteiger partial charge in [0.05, 0.1) is 34.4 Å². The summed E-state index contributed by atoms with van der Waals surface area (Å²) < 4.78 is 80.2. The maximum atomic E-state index is 13.7. The summed E-state index contributed by atoms with van der Waals surface area (Å²) in [6.45, 7) is 7.00. The highest BCUT2D eigenvalue weighted by atomic mass is 19.4. The van der Waals surface area contributed by atoms with E-state index in [0.29, 0.717) is 35.1 Å². The van der Waals surface area contributed by atoms with Gasteiger partial charge in [0.25, 0.3) is 0 Å². The van der Waals surface area contributed by atoms with E-state index in [-0.39, 0.29) is 11.3 Å². The van der Waals surface area contributed by atoms with Gasteiger partial charge in [0.15, 0.2) is 0 Å². The maximum Gasteiger partial charge on any atom is 0.418 e. The van der Waals surface area contributed by atoms with Crippen molar-refractivity contribution in [3.8, 4) is 11.3 Å². The molecule has 1 fully saturated rings. The Bertz CT molecular complexity index is 1370. The number of halogens is 6. The molecule has 1 saturated heterocycles. The number of amidine groups is 1. The van der Waals surface area contributed by atoms with Gasteiger partial charge in [-0.2, -0.15) is 26.3 Å². The molecule has 2 aromatic carbocycles. The van der Waals surface area contributed by atoms with Crippen LogP contribution in [0.15, 0.2) is 65.8 Å². The molecule has 3 N–H and O–H groups in total. The van der Waals surface area contributed by atoms with Gasteiger partial charge in [-0.1, -0.05) is 19.1 Å². The first-order chi connectivity index (χ1) is 19.8. The lowest BCUT2D eigenvalue weighted by Crippen LogP contribution is -2.35. The molecule has 42 heavy (non-hydrogen) atoms. The normalized spacial score (nSPS) is 17.7. The molecule has 5 nitrogen and oxygen atoms in total. The SMILES string of the molecule is CC1CCCN(CCCC(N)=Nc2cc(-c3ncccc3C(F)(F)F)ccc2C(C)Nc2ccc(C(F)(F)F)cc2)C1. The minimum absolute atomic E-state index is 0.224. The fourth-order valence-corrected chi connectivity index (χ4v) is 5.29. The molecule has 11 heteroatoms. The summed E-state index contributed by atoms with van der Waals surface area (Å²) >= 11 is 0. The highest BCUT2D eigenvalue weighted by molar-refractivity contribution is 5.84. The Kier molecular flexibility index (Phi) is 9.81. The number of nitrogens with two attached hydrogens (primary N) is 1. The molecule has 0 saturated carbocycles. The van der Waals surface area contributed by atoms with Gasteiger partial charge in [-0.3, -0.25) is 4.98 Å². The molecule has 2 unspecified atom stereocenters. The largest absolute Gasteiger partial charge is 0.418 e. The second-order valence-corrected chi connectivity index (χ2v) is 10.9. The first kappa shape index (κ1) is 31.3. The summed E-state index contributed by atoms with van der Waals surface area (Å²) in [4.78, 5) is 11.0. The zero-order valence-corrected chi connectivity index (χ0v) is 23.6. The van der Waals surface area contributed by atoms with Crippen LogP contribution in [0.4, 0.5) is 37.7 Å². The number of hydrogen-bond donors (Lipinski definition) is 2. The molecule has 1 aliphatic rings. The van der Waals surface area contributed by atoms with Crippen molar-refractivity contribution in [3.05, 3.63) is 77.5 Å². The van der Waals surface area contributed by atoms with Gasteiger partial charge in [-0.05, 0) is 93.2 Å². The van der Waals surface area contributed by atoms with Gasteiger partial charge in [-0.15, -0.1) is 0 Å². The molecule has 226 valence electrons. The van der Waals surface area contributed by atoms with Gasteiger partial charge < -0.3 is 16.0 Å². The Morgan fingerprint density at radius 2 is 1.81 bits per heavy atom. The van der Waals surface area contributed by atoms with E-state index >= 15 is 0 Å². The first-order valence-electron chi connectivity index (χ1n) is 14.0. The van der Waals surface area contributed by atoms with Crippen molar-refractivity contribution in [1.82, 2.24) is 9.88 Å². The van der Waals surface area contributed by atoms with Crippen molar-refractivity contribution in [2.45, 2.75) is 57.9 Å². The average Bonchev–Trinajstić information content (AvgIpc) is 2.92. The van der Waals surface area contributed by atoms with Crippen LogP contribution >= 0.6 is 0 Å². The van der Waals surface area contributed by atoms with E-state index in [1.165, 1.54) is 42.9 Å². The number of pyridine rings is 1. The molecule has 4 rings (SSSR count). The lowest BCUT2D eigenvalue weighted by molar-refractivity contribution is -0.138. The molecule has 0 spiro atoms. The van der Waals surface area contributed by atoms with E-state index in [0.717, 1.165) is 50.7 Å². The third-order valence-electron chi connectivity index (χ3n) is 7.39. The van der Waals surface area contributed by atoms with Crippen LogP contribution in [0.25, 0.3) is 11.3 Å². The van der Waals surface area contributed by atoms with Gasteiger partial charge in [0.2, 0.25) is 0 Å². The van der Waals surface area contributed by atoms with Crippen molar-refractivity contribution < 1.29 is 26.3 Å². The number of hydrogen-bond acceptors (Lipinski definition) is 4. The summed E-state index contributed by atoms with van der Waals surface area (Å²) in [5.41, 5.74) is 6.12. The van der Waals surface area contributed by atoms with Crippen molar-refractivity contribution >= 4 is 17.2 Å². The standard InChI is InChI=1S/C31H35F6N5/c1-20-6-4-16-42(19-20)17-5-8-28(38)41-27-18-22(29-26(31(35,36)37)7-3-15-39-29)9-14-25(27)21(2)40-24-12-10-23(11-13-24)30(32,33)34/h3,7,9-15,18,20-21,40H,4-6,8,16-17,19H2,1-2H3,(H2,38,41). The molecule has 2 heterocycles. The molecule has 0 bridgehead atoms. The zero-order chi connectivity index (χ0) is 30.5. The van der Waals surface area contributed by atoms with E-state index in [1.807, 2.05) is 0 Å². The van der Waals surface area contributed by atoms with E-state index in [4.69, 9.17) is 5.73 Å². The minimum atomic E-state index is -4.60. The Balaban J connectivity index is 1.61. The van der Waals surface area contributed by atoms with Crippen LogP contribution in [0, 0.1) is 5.92 Å². The van der Waals surface area contributed by atoms with Crippen LogP contribution in [-0.4, -0.2) is 35.4 Å². The topological polar surface area (TPSA) is 66.5 Å². The van der Waals surface area contributed by atoms with Crippen LogP contribution in [0.5, 0.6) is 0 Å². The van der Waals surface area contributed by atoms with Crippen LogP contribution in [0.1, 0.15) is 62.3 Å². The molecule has 0 aliphatic carbocycles. The van der Waals surface area contributed by atoms with E-state index in [9.17, 15) is 26.3 Å². The van der Waals surface area contributed by atoms with Gasteiger partial charge in [0, 0.05) is 30.4 Å². The Hall–Kier alpha value is -3.60. The molecule has 3 aromatic rings. The second-order valence-electron chi connectivity index (χ2n) is 10.9. The number of nitrogens with zero attached hydrogens (tertiary/aromatic N) is 3. The Morgan fingerprint density at radius 1 is 1.07 bits per heavy atom. The number of likely N-dealkylation sites (tertiary alicyclic amines) is 1. The highest BCUT2D eigenvalue weighted by Gasteiger charge is 2.34. The molecule has 0 amide bonds. The number of nitrogens with one attached hydrogen (secondary N) is 1. The van der Waals surface area contributed by atoms with Gasteiger partial charge in [-0.25, -0.2) is 4.99 Å². The molecular weight excluding hydrogens is 556 g/mol. The summed E-state index contributed by atoms with van der Waals surface area (Å²) in [5.74, 6) is 0.999. The molecular formula is C31H35F6N5. The van der Waals surface area contributed by atoms with E-state index in [1.54, 1.807) is 13.0 Å². The number of alkyl halides is 6. The minimum Gasteiger partial charge on any atom is -0.387 e. The summed E-state index contributed by atoms with van der Waals surface area (Å²) in [6.07, 6.45) is -4.07. The maximum absolute atomic E-state index is 13.7. The van der Waals surface area contributed by atoms with Crippen molar-refractivity contribution in [2.75, 3.05) is 25.0 Å². The van der Waals surface area contributed by atoms with Crippen LogP contribution in [-0.2, 0) is 12.4 Å². The first-order valence-corrected chi connectivity index (χ1v) is 14.0.